The number of carboxylic acids is 1. The van der Waals surface area contributed by atoms with E-state index in [2.05, 4.69) is 25.7 Å². The topological polar surface area (TPSA) is 40.5 Å². The lowest BCUT2D eigenvalue weighted by Crippen LogP contribution is -2.38. The van der Waals surface area contributed by atoms with Crippen LogP contribution < -0.4 is 0 Å². The van der Waals surface area contributed by atoms with Crippen LogP contribution in [0.4, 0.5) is 0 Å². The van der Waals surface area contributed by atoms with E-state index >= 15 is 0 Å². The number of unbranched alkanes of at least 4 members (excludes halogenated alkanes) is 12. The summed E-state index contributed by atoms with van der Waals surface area (Å²) < 4.78 is 0. The van der Waals surface area contributed by atoms with Crippen molar-refractivity contribution in [1.29, 1.82) is 0 Å². The summed E-state index contributed by atoms with van der Waals surface area (Å²) in [6.07, 6.45) is 19.7. The number of hydrogen-bond donors (Lipinski definition) is 1. The predicted octanol–water partition coefficient (Wildman–Crippen LogP) is 7.04. The van der Waals surface area contributed by atoms with Crippen LogP contribution >= 0.6 is 0 Å². The molecule has 156 valence electrons. The molecule has 0 saturated carbocycles. The summed E-state index contributed by atoms with van der Waals surface area (Å²) in [5.74, 6) is -0.652. The van der Waals surface area contributed by atoms with Gasteiger partial charge >= 0.3 is 5.97 Å². The minimum absolute atomic E-state index is 0.215. The van der Waals surface area contributed by atoms with E-state index < -0.39 is 5.97 Å². The summed E-state index contributed by atoms with van der Waals surface area (Å²) in [6, 6.07) is 0.215. The first-order valence-corrected chi connectivity index (χ1v) is 11.6. The number of aliphatic carboxylic acids is 1. The van der Waals surface area contributed by atoms with Gasteiger partial charge in [0.1, 0.15) is 0 Å². The van der Waals surface area contributed by atoms with Crippen molar-refractivity contribution in [3.8, 4) is 0 Å². The van der Waals surface area contributed by atoms with Crippen LogP contribution in [0.5, 0.6) is 0 Å². The predicted molar refractivity (Wildman–Crippen MR) is 114 cm³/mol. The Kier molecular flexibility index (Phi) is 18.8. The van der Waals surface area contributed by atoms with Gasteiger partial charge in [-0.2, -0.15) is 0 Å². The molecule has 1 N–H and O–H groups in total. The maximum absolute atomic E-state index is 11.2. The van der Waals surface area contributed by atoms with E-state index in [1.165, 1.54) is 89.9 Å². The molecular formula is C23H47NO2. The SMILES string of the molecule is CCCCCCCCCN(CCCCCCCCC)C(CC)CC(=O)O. The van der Waals surface area contributed by atoms with Crippen molar-refractivity contribution in [3.63, 3.8) is 0 Å². The Morgan fingerprint density at radius 1 is 0.692 bits per heavy atom. The van der Waals surface area contributed by atoms with Gasteiger partial charge in [-0.1, -0.05) is 97.8 Å². The highest BCUT2D eigenvalue weighted by atomic mass is 16.4. The summed E-state index contributed by atoms with van der Waals surface area (Å²) in [4.78, 5) is 13.7. The highest BCUT2D eigenvalue weighted by Crippen LogP contribution is 2.15. The average Bonchev–Trinajstić information content (AvgIpc) is 2.63. The number of rotatable bonds is 20. The number of nitrogens with zero attached hydrogens (tertiary/aromatic N) is 1. The molecule has 3 nitrogen and oxygen atoms in total. The number of carboxylic acid groups (broad SMARTS) is 1. The smallest absolute Gasteiger partial charge is 0.304 e. The van der Waals surface area contributed by atoms with E-state index in [0.717, 1.165) is 19.5 Å². The maximum atomic E-state index is 11.2. The van der Waals surface area contributed by atoms with Crippen molar-refractivity contribution >= 4 is 5.97 Å². The third-order valence-corrected chi connectivity index (χ3v) is 5.50. The molecule has 0 aromatic heterocycles. The molecule has 0 heterocycles. The van der Waals surface area contributed by atoms with Crippen LogP contribution in [-0.2, 0) is 4.79 Å². The van der Waals surface area contributed by atoms with E-state index in [-0.39, 0.29) is 6.04 Å². The van der Waals surface area contributed by atoms with Crippen LogP contribution in [0, 0.1) is 0 Å². The van der Waals surface area contributed by atoms with Gasteiger partial charge < -0.3 is 5.11 Å². The molecule has 0 bridgehead atoms. The molecule has 0 rings (SSSR count). The van der Waals surface area contributed by atoms with Crippen LogP contribution in [0.15, 0.2) is 0 Å². The fraction of sp³-hybridized carbons (Fsp3) is 0.957. The van der Waals surface area contributed by atoms with Gasteiger partial charge in [-0.3, -0.25) is 9.69 Å². The van der Waals surface area contributed by atoms with E-state index in [1.54, 1.807) is 0 Å². The first kappa shape index (κ1) is 25.4. The highest BCUT2D eigenvalue weighted by Gasteiger charge is 2.19. The average molecular weight is 370 g/mol. The van der Waals surface area contributed by atoms with Gasteiger partial charge in [0.25, 0.3) is 0 Å². The Morgan fingerprint density at radius 2 is 1.08 bits per heavy atom. The van der Waals surface area contributed by atoms with Crippen molar-refractivity contribution in [3.05, 3.63) is 0 Å². The van der Waals surface area contributed by atoms with Crippen LogP contribution in [0.2, 0.25) is 0 Å². The molecule has 1 unspecified atom stereocenters. The summed E-state index contributed by atoms with van der Waals surface area (Å²) in [5, 5.41) is 9.22. The molecule has 0 amide bonds. The van der Waals surface area contributed by atoms with Crippen LogP contribution in [-0.4, -0.2) is 35.1 Å². The lowest BCUT2D eigenvalue weighted by molar-refractivity contribution is -0.138. The Labute approximate surface area is 163 Å². The number of carbonyl (C=O) groups is 1. The fourth-order valence-electron chi connectivity index (χ4n) is 3.75. The molecule has 3 heteroatoms. The third kappa shape index (κ3) is 15.7. The third-order valence-electron chi connectivity index (χ3n) is 5.50. The van der Waals surface area contributed by atoms with E-state index in [0.29, 0.717) is 6.42 Å². The second-order valence-electron chi connectivity index (χ2n) is 7.94. The Balaban J connectivity index is 4.10. The monoisotopic (exact) mass is 369 g/mol. The Morgan fingerprint density at radius 3 is 1.42 bits per heavy atom. The van der Waals surface area contributed by atoms with Crippen molar-refractivity contribution in [2.75, 3.05) is 13.1 Å². The molecular weight excluding hydrogens is 322 g/mol. The first-order chi connectivity index (χ1) is 12.7. The summed E-state index contributed by atoms with van der Waals surface area (Å²) in [6.45, 7) is 8.81. The zero-order valence-electron chi connectivity index (χ0n) is 18.1. The second kappa shape index (κ2) is 19.2. The van der Waals surface area contributed by atoms with Gasteiger partial charge in [-0.15, -0.1) is 0 Å². The maximum Gasteiger partial charge on any atom is 0.304 e. The van der Waals surface area contributed by atoms with Gasteiger partial charge in [-0.25, -0.2) is 0 Å². The van der Waals surface area contributed by atoms with Gasteiger partial charge in [-0.05, 0) is 32.4 Å². The van der Waals surface area contributed by atoms with E-state index in [9.17, 15) is 9.90 Å². The van der Waals surface area contributed by atoms with E-state index in [4.69, 9.17) is 0 Å². The molecule has 0 aromatic rings. The molecule has 0 aliphatic carbocycles. The van der Waals surface area contributed by atoms with Gasteiger partial charge in [0.2, 0.25) is 0 Å². The van der Waals surface area contributed by atoms with Crippen molar-refractivity contribution in [2.24, 2.45) is 0 Å². The summed E-state index contributed by atoms with van der Waals surface area (Å²) in [5.41, 5.74) is 0. The zero-order valence-corrected chi connectivity index (χ0v) is 18.1. The lowest BCUT2D eigenvalue weighted by Gasteiger charge is -2.30. The second-order valence-corrected chi connectivity index (χ2v) is 7.94. The molecule has 26 heavy (non-hydrogen) atoms. The van der Waals surface area contributed by atoms with Crippen molar-refractivity contribution in [1.82, 2.24) is 4.90 Å². The molecule has 1 atom stereocenters. The highest BCUT2D eigenvalue weighted by molar-refractivity contribution is 5.67. The molecule has 0 aromatic carbocycles. The van der Waals surface area contributed by atoms with Gasteiger partial charge in [0.15, 0.2) is 0 Å². The van der Waals surface area contributed by atoms with Crippen molar-refractivity contribution in [2.45, 2.75) is 130 Å². The standard InChI is InChI=1S/C23H47NO2/c1-4-7-9-11-13-15-17-19-24(22(6-3)21-23(25)26)20-18-16-14-12-10-8-5-2/h22H,4-21H2,1-3H3,(H,25,26). The zero-order chi connectivity index (χ0) is 19.5. The normalized spacial score (nSPS) is 12.6. The summed E-state index contributed by atoms with van der Waals surface area (Å²) >= 11 is 0. The lowest BCUT2D eigenvalue weighted by atomic mass is 10.1. The van der Waals surface area contributed by atoms with Gasteiger partial charge in [0, 0.05) is 6.04 Å². The van der Waals surface area contributed by atoms with Gasteiger partial charge in [0.05, 0.1) is 6.42 Å². The Bertz CT molecular complexity index is 289. The minimum atomic E-state index is -0.652. The minimum Gasteiger partial charge on any atom is -0.481 e. The molecule has 0 spiro atoms. The molecule has 0 aliphatic heterocycles. The first-order valence-electron chi connectivity index (χ1n) is 11.6. The van der Waals surface area contributed by atoms with E-state index in [1.807, 2.05) is 0 Å². The molecule has 0 radical (unpaired) electrons. The van der Waals surface area contributed by atoms with Crippen LogP contribution in [0.3, 0.4) is 0 Å². The van der Waals surface area contributed by atoms with Crippen molar-refractivity contribution < 1.29 is 9.90 Å². The summed E-state index contributed by atoms with van der Waals surface area (Å²) in [7, 11) is 0. The largest absolute Gasteiger partial charge is 0.481 e. The molecule has 0 fully saturated rings. The number of hydrogen-bond acceptors (Lipinski definition) is 2. The Hall–Kier alpha value is -0.570. The fourth-order valence-corrected chi connectivity index (χ4v) is 3.75. The molecule has 0 aliphatic rings. The van der Waals surface area contributed by atoms with Crippen LogP contribution in [0.1, 0.15) is 124 Å². The van der Waals surface area contributed by atoms with Crippen LogP contribution in [0.25, 0.3) is 0 Å². The quantitative estimate of drug-likeness (QED) is 0.234. The molecule has 0 saturated heterocycles.